The fourth-order valence-electron chi connectivity index (χ4n) is 1.72. The van der Waals surface area contributed by atoms with Crippen LogP contribution in [0.25, 0.3) is 0 Å². The van der Waals surface area contributed by atoms with Gasteiger partial charge in [0, 0.05) is 0 Å². The van der Waals surface area contributed by atoms with Crippen molar-refractivity contribution in [2.75, 3.05) is 20.1 Å². The summed E-state index contributed by atoms with van der Waals surface area (Å²) in [6.07, 6.45) is 5.68. The Balaban J connectivity index is 0.000000561. The molecule has 1 atom stereocenters. The summed E-state index contributed by atoms with van der Waals surface area (Å²) in [6.45, 7) is 8.95. The van der Waals surface area contributed by atoms with Crippen LogP contribution in [0, 0.1) is 5.92 Å². The van der Waals surface area contributed by atoms with Crippen molar-refractivity contribution in [3.63, 3.8) is 0 Å². The molecule has 1 aliphatic rings. The molecule has 1 aliphatic heterocycles. The third-order valence-corrected chi connectivity index (χ3v) is 2.65. The molecule has 1 rings (SSSR count). The van der Waals surface area contributed by atoms with Crippen LogP contribution in [-0.2, 0) is 0 Å². The number of rotatable bonds is 1. The predicted molar refractivity (Wildman–Crippen MR) is 56.5 cm³/mol. The van der Waals surface area contributed by atoms with E-state index in [0.717, 1.165) is 5.92 Å². The predicted octanol–water partition coefficient (Wildman–Crippen LogP) is 3.15. The van der Waals surface area contributed by atoms with Gasteiger partial charge in [-0.25, -0.2) is 0 Å². The summed E-state index contributed by atoms with van der Waals surface area (Å²) in [6, 6.07) is 0. The van der Waals surface area contributed by atoms with Gasteiger partial charge in [-0.1, -0.05) is 27.2 Å². The van der Waals surface area contributed by atoms with Crippen molar-refractivity contribution in [1.82, 2.24) is 4.90 Å². The van der Waals surface area contributed by atoms with Crippen molar-refractivity contribution in [2.45, 2.75) is 46.5 Å². The molecule has 1 unspecified atom stereocenters. The Hall–Kier alpha value is -0.0400. The molecule has 1 fully saturated rings. The van der Waals surface area contributed by atoms with Crippen LogP contribution < -0.4 is 0 Å². The Morgan fingerprint density at radius 3 is 2.42 bits per heavy atom. The Morgan fingerprint density at radius 2 is 1.83 bits per heavy atom. The lowest BCUT2D eigenvalue weighted by Gasteiger charge is -2.12. The molecule has 0 aliphatic carbocycles. The summed E-state index contributed by atoms with van der Waals surface area (Å²) in [7, 11) is 2.23. The summed E-state index contributed by atoms with van der Waals surface area (Å²) < 4.78 is 0. The van der Waals surface area contributed by atoms with Crippen molar-refractivity contribution in [3.8, 4) is 0 Å². The molecule has 0 spiro atoms. The Bertz CT molecular complexity index is 91.0. The van der Waals surface area contributed by atoms with Crippen molar-refractivity contribution in [3.05, 3.63) is 0 Å². The molecule has 74 valence electrons. The molecular formula is C11H25N. The highest BCUT2D eigenvalue weighted by atomic mass is 15.1. The van der Waals surface area contributed by atoms with Crippen LogP contribution in [0.15, 0.2) is 0 Å². The topological polar surface area (TPSA) is 3.24 Å². The van der Waals surface area contributed by atoms with E-state index in [9.17, 15) is 0 Å². The fraction of sp³-hybridized carbons (Fsp3) is 1.00. The van der Waals surface area contributed by atoms with Gasteiger partial charge in [0.1, 0.15) is 0 Å². The van der Waals surface area contributed by atoms with E-state index in [0.29, 0.717) is 0 Å². The molecule has 0 radical (unpaired) electrons. The Kier molecular flexibility index (Phi) is 7.58. The van der Waals surface area contributed by atoms with Gasteiger partial charge in [0.05, 0.1) is 0 Å². The molecule has 0 aromatic rings. The molecule has 1 heteroatoms. The molecule has 1 saturated heterocycles. The van der Waals surface area contributed by atoms with Gasteiger partial charge >= 0.3 is 0 Å². The normalized spacial score (nSPS) is 25.5. The first-order valence-corrected chi connectivity index (χ1v) is 5.51. The van der Waals surface area contributed by atoms with Crippen LogP contribution in [0.5, 0.6) is 0 Å². The second-order valence-corrected chi connectivity index (χ2v) is 3.51. The lowest BCUT2D eigenvalue weighted by Crippen LogP contribution is -2.18. The van der Waals surface area contributed by atoms with Gasteiger partial charge in [0.2, 0.25) is 0 Å². The number of nitrogens with zero attached hydrogens (tertiary/aromatic N) is 1. The Morgan fingerprint density at radius 1 is 1.17 bits per heavy atom. The molecular weight excluding hydrogens is 146 g/mol. The minimum absolute atomic E-state index is 1.02. The molecule has 0 amide bonds. The van der Waals surface area contributed by atoms with E-state index in [2.05, 4.69) is 18.9 Å². The van der Waals surface area contributed by atoms with Gasteiger partial charge in [0.15, 0.2) is 0 Å². The number of hydrogen-bond acceptors (Lipinski definition) is 1. The van der Waals surface area contributed by atoms with Crippen LogP contribution in [0.3, 0.4) is 0 Å². The maximum absolute atomic E-state index is 2.45. The SMILES string of the molecule is CC.CCC1CCCN(C)CC1. The monoisotopic (exact) mass is 171 g/mol. The van der Waals surface area contributed by atoms with Crippen molar-refractivity contribution < 1.29 is 0 Å². The van der Waals surface area contributed by atoms with Crippen LogP contribution in [0.2, 0.25) is 0 Å². The highest BCUT2D eigenvalue weighted by molar-refractivity contribution is 4.66. The molecule has 0 saturated carbocycles. The van der Waals surface area contributed by atoms with Gasteiger partial charge in [-0.2, -0.15) is 0 Å². The molecule has 0 aromatic heterocycles. The zero-order valence-electron chi connectivity index (χ0n) is 9.27. The zero-order valence-corrected chi connectivity index (χ0v) is 9.27. The van der Waals surface area contributed by atoms with Crippen LogP contribution in [0.4, 0.5) is 0 Å². The number of hydrogen-bond donors (Lipinski definition) is 0. The van der Waals surface area contributed by atoms with Crippen molar-refractivity contribution in [2.24, 2.45) is 5.92 Å². The molecule has 1 nitrogen and oxygen atoms in total. The van der Waals surface area contributed by atoms with E-state index in [1.165, 1.54) is 38.8 Å². The maximum atomic E-state index is 2.45. The fourth-order valence-corrected chi connectivity index (χ4v) is 1.72. The van der Waals surface area contributed by atoms with E-state index in [-0.39, 0.29) is 0 Å². The van der Waals surface area contributed by atoms with Gasteiger partial charge in [-0.15, -0.1) is 0 Å². The van der Waals surface area contributed by atoms with Gasteiger partial charge in [-0.05, 0) is 45.3 Å². The van der Waals surface area contributed by atoms with Crippen LogP contribution in [-0.4, -0.2) is 25.0 Å². The first-order valence-electron chi connectivity index (χ1n) is 5.51. The summed E-state index contributed by atoms with van der Waals surface area (Å²) in [5.74, 6) is 1.02. The molecule has 1 heterocycles. The Labute approximate surface area is 78.1 Å². The minimum atomic E-state index is 1.02. The first-order chi connectivity index (χ1) is 5.83. The zero-order chi connectivity index (χ0) is 9.40. The third kappa shape index (κ3) is 4.76. The third-order valence-electron chi connectivity index (χ3n) is 2.65. The maximum Gasteiger partial charge on any atom is -0.00191 e. The van der Waals surface area contributed by atoms with Gasteiger partial charge < -0.3 is 4.90 Å². The quantitative estimate of drug-likeness (QED) is 0.586. The molecule has 12 heavy (non-hydrogen) atoms. The summed E-state index contributed by atoms with van der Waals surface area (Å²) in [4.78, 5) is 2.45. The van der Waals surface area contributed by atoms with E-state index in [1.807, 2.05) is 13.8 Å². The lowest BCUT2D eigenvalue weighted by atomic mass is 9.98. The molecule has 0 N–H and O–H groups in total. The highest BCUT2D eigenvalue weighted by Crippen LogP contribution is 2.18. The van der Waals surface area contributed by atoms with Crippen LogP contribution >= 0.6 is 0 Å². The second kappa shape index (κ2) is 7.60. The average molecular weight is 171 g/mol. The van der Waals surface area contributed by atoms with E-state index >= 15 is 0 Å². The summed E-state index contributed by atoms with van der Waals surface area (Å²) in [5.41, 5.74) is 0. The van der Waals surface area contributed by atoms with Gasteiger partial charge in [0.25, 0.3) is 0 Å². The van der Waals surface area contributed by atoms with Gasteiger partial charge in [-0.3, -0.25) is 0 Å². The lowest BCUT2D eigenvalue weighted by molar-refractivity contribution is 0.340. The van der Waals surface area contributed by atoms with E-state index in [1.54, 1.807) is 0 Å². The summed E-state index contributed by atoms with van der Waals surface area (Å²) >= 11 is 0. The van der Waals surface area contributed by atoms with E-state index < -0.39 is 0 Å². The highest BCUT2D eigenvalue weighted by Gasteiger charge is 2.11. The number of likely N-dealkylation sites (tertiary alicyclic amines) is 1. The standard InChI is InChI=1S/C9H19N.C2H6/c1-3-9-5-4-7-10(2)8-6-9;1-2/h9H,3-8H2,1-2H3;1-2H3. The van der Waals surface area contributed by atoms with E-state index in [4.69, 9.17) is 0 Å². The van der Waals surface area contributed by atoms with Crippen molar-refractivity contribution >= 4 is 0 Å². The largest absolute Gasteiger partial charge is 0.306 e. The second-order valence-electron chi connectivity index (χ2n) is 3.51. The molecule has 0 aromatic carbocycles. The minimum Gasteiger partial charge on any atom is -0.306 e. The molecule has 0 bridgehead atoms. The van der Waals surface area contributed by atoms with Crippen molar-refractivity contribution in [1.29, 1.82) is 0 Å². The van der Waals surface area contributed by atoms with Crippen LogP contribution in [0.1, 0.15) is 46.5 Å². The average Bonchev–Trinajstić information content (AvgIpc) is 2.33. The first kappa shape index (κ1) is 12.0. The summed E-state index contributed by atoms with van der Waals surface area (Å²) in [5, 5.41) is 0. The smallest absolute Gasteiger partial charge is 0.00191 e.